The highest BCUT2D eigenvalue weighted by Crippen LogP contribution is 2.30. The Morgan fingerprint density at radius 2 is 1.56 bits per heavy atom. The zero-order chi connectivity index (χ0) is 14.0. The minimum atomic E-state index is -4.35. The molecule has 1 atom stereocenters. The molecule has 0 aliphatic heterocycles. The minimum Gasteiger partial charge on any atom is -0.384 e. The lowest BCUT2D eigenvalue weighted by Gasteiger charge is -2.26. The summed E-state index contributed by atoms with van der Waals surface area (Å²) in [6.07, 6.45) is -4.35. The molecule has 1 aromatic carbocycles. The van der Waals surface area contributed by atoms with Gasteiger partial charge < -0.3 is 10.4 Å². The first kappa shape index (κ1) is 15.0. The average molecular weight is 261 g/mol. The summed E-state index contributed by atoms with van der Waals surface area (Å²) in [5, 5.41) is 13.2. The Hall–Kier alpha value is -1.07. The van der Waals surface area contributed by atoms with Gasteiger partial charge in [-0.1, -0.05) is 26.0 Å². The van der Waals surface area contributed by atoms with Crippen molar-refractivity contribution in [2.45, 2.75) is 38.6 Å². The molecule has 5 heteroatoms. The van der Waals surface area contributed by atoms with Crippen LogP contribution in [0.1, 0.15) is 31.9 Å². The van der Waals surface area contributed by atoms with Crippen LogP contribution in [0.4, 0.5) is 13.2 Å². The van der Waals surface area contributed by atoms with Crippen molar-refractivity contribution in [2.75, 3.05) is 6.54 Å². The van der Waals surface area contributed by atoms with Crippen molar-refractivity contribution in [3.8, 4) is 0 Å². The van der Waals surface area contributed by atoms with Gasteiger partial charge in [-0.25, -0.2) is 0 Å². The first-order chi connectivity index (χ1) is 8.13. The van der Waals surface area contributed by atoms with Gasteiger partial charge in [-0.05, 0) is 24.6 Å². The molecule has 18 heavy (non-hydrogen) atoms. The van der Waals surface area contributed by atoms with Gasteiger partial charge in [-0.3, -0.25) is 0 Å². The zero-order valence-corrected chi connectivity index (χ0v) is 10.7. The molecule has 2 N–H and O–H groups in total. The van der Waals surface area contributed by atoms with Crippen LogP contribution in [0, 0.1) is 0 Å². The number of hydrogen-bond donors (Lipinski definition) is 2. The van der Waals surface area contributed by atoms with Gasteiger partial charge in [0.2, 0.25) is 0 Å². The fraction of sp³-hybridized carbons (Fsp3) is 0.538. The first-order valence-corrected chi connectivity index (χ1v) is 5.76. The zero-order valence-electron chi connectivity index (χ0n) is 10.7. The number of halogens is 3. The maximum atomic E-state index is 12.4. The van der Waals surface area contributed by atoms with E-state index in [2.05, 4.69) is 5.32 Å². The van der Waals surface area contributed by atoms with Crippen molar-refractivity contribution >= 4 is 0 Å². The number of nitrogens with one attached hydrogen (secondary N) is 1. The van der Waals surface area contributed by atoms with E-state index in [0.29, 0.717) is 5.56 Å². The van der Waals surface area contributed by atoms with Crippen molar-refractivity contribution in [1.82, 2.24) is 5.32 Å². The number of rotatable bonds is 4. The average Bonchev–Trinajstić information content (AvgIpc) is 2.26. The van der Waals surface area contributed by atoms with Crippen LogP contribution >= 0.6 is 0 Å². The van der Waals surface area contributed by atoms with E-state index in [0.717, 1.165) is 12.1 Å². The van der Waals surface area contributed by atoms with Crippen molar-refractivity contribution < 1.29 is 18.3 Å². The molecule has 102 valence electrons. The second-order valence-corrected chi connectivity index (χ2v) is 4.88. The molecule has 1 aromatic rings. The first-order valence-electron chi connectivity index (χ1n) is 5.76. The normalized spacial score (nSPS) is 15.8. The molecule has 0 aromatic heterocycles. The number of benzene rings is 1. The predicted molar refractivity (Wildman–Crippen MR) is 64.2 cm³/mol. The van der Waals surface area contributed by atoms with Crippen molar-refractivity contribution in [3.63, 3.8) is 0 Å². The third kappa shape index (κ3) is 3.99. The topological polar surface area (TPSA) is 32.3 Å². The van der Waals surface area contributed by atoms with Crippen LogP contribution in [0.25, 0.3) is 0 Å². The third-order valence-electron chi connectivity index (χ3n) is 2.69. The molecule has 0 saturated carbocycles. The minimum absolute atomic E-state index is 0.200. The fourth-order valence-corrected chi connectivity index (χ4v) is 1.52. The van der Waals surface area contributed by atoms with E-state index in [1.54, 1.807) is 6.92 Å². The summed E-state index contributed by atoms with van der Waals surface area (Å²) in [6.45, 7) is 5.73. The lowest BCUT2D eigenvalue weighted by Crippen LogP contribution is -2.38. The molecule has 0 fully saturated rings. The van der Waals surface area contributed by atoms with Crippen LogP contribution in [-0.2, 0) is 11.8 Å². The van der Waals surface area contributed by atoms with Gasteiger partial charge in [0.1, 0.15) is 0 Å². The molecule has 0 aliphatic carbocycles. The fourth-order valence-electron chi connectivity index (χ4n) is 1.52. The van der Waals surface area contributed by atoms with E-state index in [-0.39, 0.29) is 12.6 Å². The molecule has 1 unspecified atom stereocenters. The number of hydrogen-bond acceptors (Lipinski definition) is 2. The molecule has 2 nitrogen and oxygen atoms in total. The van der Waals surface area contributed by atoms with Crippen LogP contribution in [0.3, 0.4) is 0 Å². The Morgan fingerprint density at radius 3 is 1.94 bits per heavy atom. The van der Waals surface area contributed by atoms with Crippen LogP contribution in [0.2, 0.25) is 0 Å². The maximum absolute atomic E-state index is 12.4. The smallest absolute Gasteiger partial charge is 0.384 e. The highest BCUT2D eigenvalue weighted by atomic mass is 19.4. The molecule has 0 spiro atoms. The van der Waals surface area contributed by atoms with Crippen LogP contribution in [0.5, 0.6) is 0 Å². The van der Waals surface area contributed by atoms with E-state index < -0.39 is 17.3 Å². The lowest BCUT2D eigenvalue weighted by molar-refractivity contribution is -0.137. The summed E-state index contributed by atoms with van der Waals surface area (Å²) in [5.41, 5.74) is -1.43. The molecule has 1 rings (SSSR count). The van der Waals surface area contributed by atoms with Gasteiger partial charge in [0.25, 0.3) is 0 Å². The van der Waals surface area contributed by atoms with Crippen LogP contribution < -0.4 is 5.32 Å². The van der Waals surface area contributed by atoms with Gasteiger partial charge in [0.05, 0.1) is 11.2 Å². The summed E-state index contributed by atoms with van der Waals surface area (Å²) in [6, 6.07) is 4.79. The summed E-state index contributed by atoms with van der Waals surface area (Å²) in [7, 11) is 0. The molecular weight excluding hydrogens is 243 g/mol. The second kappa shape index (κ2) is 5.28. The number of aliphatic hydroxyl groups is 1. The quantitative estimate of drug-likeness (QED) is 0.873. The Morgan fingerprint density at radius 1 is 1.11 bits per heavy atom. The van der Waals surface area contributed by atoms with Crippen molar-refractivity contribution in [2.24, 2.45) is 0 Å². The Kier molecular flexibility index (Phi) is 4.40. The second-order valence-electron chi connectivity index (χ2n) is 4.88. The molecule has 0 heterocycles. The lowest BCUT2D eigenvalue weighted by atomic mass is 9.94. The van der Waals surface area contributed by atoms with Gasteiger partial charge in [0.15, 0.2) is 0 Å². The van der Waals surface area contributed by atoms with E-state index in [9.17, 15) is 18.3 Å². The third-order valence-corrected chi connectivity index (χ3v) is 2.69. The van der Waals surface area contributed by atoms with Gasteiger partial charge >= 0.3 is 6.18 Å². The molecule has 0 saturated heterocycles. The molecule has 0 radical (unpaired) electrons. The Balaban J connectivity index is 2.84. The van der Waals surface area contributed by atoms with Crippen molar-refractivity contribution in [3.05, 3.63) is 35.4 Å². The molecule has 0 aliphatic rings. The molecule has 0 bridgehead atoms. The highest BCUT2D eigenvalue weighted by molar-refractivity contribution is 5.28. The summed E-state index contributed by atoms with van der Waals surface area (Å²) < 4.78 is 37.2. The van der Waals surface area contributed by atoms with Crippen LogP contribution in [-0.4, -0.2) is 17.7 Å². The largest absolute Gasteiger partial charge is 0.416 e. The molecule has 0 amide bonds. The SMILES string of the molecule is CC(C)NCC(C)(O)c1ccc(C(F)(F)F)cc1. The van der Waals surface area contributed by atoms with Gasteiger partial charge in [-0.2, -0.15) is 13.2 Å². The Bertz CT molecular complexity index is 382. The van der Waals surface area contributed by atoms with E-state index >= 15 is 0 Å². The predicted octanol–water partition coefficient (Wildman–Crippen LogP) is 2.91. The highest BCUT2D eigenvalue weighted by Gasteiger charge is 2.31. The van der Waals surface area contributed by atoms with Crippen LogP contribution in [0.15, 0.2) is 24.3 Å². The van der Waals surface area contributed by atoms with E-state index in [1.807, 2.05) is 13.8 Å². The van der Waals surface area contributed by atoms with E-state index in [4.69, 9.17) is 0 Å². The molecular formula is C13H18F3NO. The van der Waals surface area contributed by atoms with Gasteiger partial charge in [-0.15, -0.1) is 0 Å². The summed E-state index contributed by atoms with van der Waals surface area (Å²) in [4.78, 5) is 0. The van der Waals surface area contributed by atoms with E-state index in [1.165, 1.54) is 12.1 Å². The number of alkyl halides is 3. The Labute approximate surface area is 105 Å². The van der Waals surface area contributed by atoms with Gasteiger partial charge in [0, 0.05) is 12.6 Å². The summed E-state index contributed by atoms with van der Waals surface area (Å²) >= 11 is 0. The van der Waals surface area contributed by atoms with Crippen molar-refractivity contribution in [1.29, 1.82) is 0 Å². The monoisotopic (exact) mass is 261 g/mol. The maximum Gasteiger partial charge on any atom is 0.416 e. The standard InChI is InChI=1S/C13H18F3NO/c1-9(2)17-8-12(3,18)10-4-6-11(7-5-10)13(14,15)16/h4-7,9,17-18H,8H2,1-3H3. The summed E-state index contributed by atoms with van der Waals surface area (Å²) in [5.74, 6) is 0.